The van der Waals surface area contributed by atoms with Crippen LogP contribution in [0.15, 0.2) is 41.0 Å². The third-order valence-electron chi connectivity index (χ3n) is 3.35. The molecule has 5 heteroatoms. The maximum absolute atomic E-state index is 12.6. The number of hydrogen-bond donors (Lipinski definition) is 1. The first-order valence-corrected chi connectivity index (χ1v) is 6.85. The second-order valence-corrected chi connectivity index (χ2v) is 5.32. The topological polar surface area (TPSA) is 53.7 Å². The Morgan fingerprint density at radius 3 is 2.80 bits per heavy atom. The molecular weight excluding hydrogens is 278 g/mol. The number of carbonyl (C=O) groups is 1. The lowest BCUT2D eigenvalue weighted by atomic mass is 10.2. The Bertz CT molecular complexity index is 620. The van der Waals surface area contributed by atoms with Crippen molar-refractivity contribution in [1.82, 2.24) is 4.90 Å². The second-order valence-electron chi connectivity index (χ2n) is 4.91. The Kier molecular flexibility index (Phi) is 3.40. The molecule has 0 spiro atoms. The fourth-order valence-electron chi connectivity index (χ4n) is 2.13. The van der Waals surface area contributed by atoms with E-state index in [-0.39, 0.29) is 22.7 Å². The molecule has 1 amide bonds. The normalized spacial score (nSPS) is 14.2. The number of amides is 1. The van der Waals surface area contributed by atoms with E-state index in [1.165, 1.54) is 12.1 Å². The van der Waals surface area contributed by atoms with Crippen molar-refractivity contribution in [1.29, 1.82) is 0 Å². The van der Waals surface area contributed by atoms with Gasteiger partial charge in [-0.15, -0.1) is 0 Å². The summed E-state index contributed by atoms with van der Waals surface area (Å²) in [5, 5.41) is 9.61. The van der Waals surface area contributed by atoms with Gasteiger partial charge in [0, 0.05) is 11.6 Å². The molecule has 0 unspecified atom stereocenters. The van der Waals surface area contributed by atoms with Gasteiger partial charge in [0.2, 0.25) is 0 Å². The summed E-state index contributed by atoms with van der Waals surface area (Å²) in [5.74, 6) is 0.646. The van der Waals surface area contributed by atoms with Gasteiger partial charge in [0.25, 0.3) is 5.91 Å². The highest BCUT2D eigenvalue weighted by molar-refractivity contribution is 6.32. The minimum absolute atomic E-state index is 0.0211. The number of halogens is 1. The molecule has 20 heavy (non-hydrogen) atoms. The molecule has 1 heterocycles. The summed E-state index contributed by atoms with van der Waals surface area (Å²) >= 11 is 5.86. The SMILES string of the molecule is O=C(c1ccc(O)c(Cl)c1)N(Cc1ccco1)C1CC1. The van der Waals surface area contributed by atoms with Gasteiger partial charge in [0.05, 0.1) is 17.8 Å². The van der Waals surface area contributed by atoms with E-state index in [0.29, 0.717) is 12.1 Å². The van der Waals surface area contributed by atoms with E-state index in [9.17, 15) is 9.90 Å². The third-order valence-corrected chi connectivity index (χ3v) is 3.65. The van der Waals surface area contributed by atoms with Crippen LogP contribution in [0.25, 0.3) is 0 Å². The van der Waals surface area contributed by atoms with E-state index in [0.717, 1.165) is 18.6 Å². The molecule has 1 saturated carbocycles. The van der Waals surface area contributed by atoms with Crippen molar-refractivity contribution in [3.05, 3.63) is 52.9 Å². The quantitative estimate of drug-likeness (QED) is 0.939. The fraction of sp³-hybridized carbons (Fsp3) is 0.267. The lowest BCUT2D eigenvalue weighted by molar-refractivity contribution is 0.0717. The van der Waals surface area contributed by atoms with Crippen LogP contribution in [0.2, 0.25) is 5.02 Å². The number of phenolic OH excluding ortho intramolecular Hbond substituents is 1. The summed E-state index contributed by atoms with van der Waals surface area (Å²) in [6, 6.07) is 8.44. The van der Waals surface area contributed by atoms with Crippen LogP contribution in [-0.2, 0) is 6.54 Å². The van der Waals surface area contributed by atoms with Crippen molar-refractivity contribution >= 4 is 17.5 Å². The summed E-state index contributed by atoms with van der Waals surface area (Å²) in [5.41, 5.74) is 0.478. The van der Waals surface area contributed by atoms with Crippen molar-refractivity contribution in [2.75, 3.05) is 0 Å². The highest BCUT2D eigenvalue weighted by atomic mass is 35.5. The molecule has 4 nitrogen and oxygen atoms in total. The number of benzene rings is 1. The van der Waals surface area contributed by atoms with Gasteiger partial charge in [-0.05, 0) is 43.2 Å². The third kappa shape index (κ3) is 2.65. The molecule has 0 atom stereocenters. The summed E-state index contributed by atoms with van der Waals surface area (Å²) in [4.78, 5) is 14.4. The summed E-state index contributed by atoms with van der Waals surface area (Å²) < 4.78 is 5.31. The predicted octanol–water partition coefficient (Wildman–Crippen LogP) is 3.44. The van der Waals surface area contributed by atoms with E-state index in [1.807, 2.05) is 12.1 Å². The zero-order chi connectivity index (χ0) is 14.1. The Morgan fingerprint density at radius 1 is 1.40 bits per heavy atom. The molecule has 0 bridgehead atoms. The Balaban J connectivity index is 1.83. The van der Waals surface area contributed by atoms with Gasteiger partial charge in [-0.25, -0.2) is 0 Å². The first-order chi connectivity index (χ1) is 9.65. The van der Waals surface area contributed by atoms with Gasteiger partial charge in [-0.1, -0.05) is 11.6 Å². The molecule has 104 valence electrons. The summed E-state index contributed by atoms with van der Waals surface area (Å²) in [6.45, 7) is 0.453. The van der Waals surface area contributed by atoms with Crippen LogP contribution >= 0.6 is 11.6 Å². The minimum atomic E-state index is -0.0919. The number of nitrogens with zero attached hydrogens (tertiary/aromatic N) is 1. The molecule has 0 radical (unpaired) electrons. The molecule has 1 N–H and O–H groups in total. The number of carbonyl (C=O) groups excluding carboxylic acids is 1. The van der Waals surface area contributed by atoms with E-state index < -0.39 is 0 Å². The average Bonchev–Trinajstić information content (AvgIpc) is 3.15. The molecule has 1 aromatic carbocycles. The number of hydrogen-bond acceptors (Lipinski definition) is 3. The lowest BCUT2D eigenvalue weighted by Crippen LogP contribution is -2.32. The molecule has 1 aromatic heterocycles. The smallest absolute Gasteiger partial charge is 0.254 e. The van der Waals surface area contributed by atoms with Crippen LogP contribution in [-0.4, -0.2) is 22.0 Å². The van der Waals surface area contributed by atoms with E-state index in [1.54, 1.807) is 17.2 Å². The molecular formula is C15H14ClNO3. The molecule has 1 aliphatic rings. The predicted molar refractivity (Wildman–Crippen MR) is 74.7 cm³/mol. The molecule has 0 aliphatic heterocycles. The van der Waals surface area contributed by atoms with Crippen molar-refractivity contribution in [2.24, 2.45) is 0 Å². The first kappa shape index (κ1) is 13.1. The van der Waals surface area contributed by atoms with Crippen molar-refractivity contribution in [3.63, 3.8) is 0 Å². The van der Waals surface area contributed by atoms with Gasteiger partial charge >= 0.3 is 0 Å². The Hall–Kier alpha value is -1.94. The first-order valence-electron chi connectivity index (χ1n) is 6.47. The van der Waals surface area contributed by atoms with Gasteiger partial charge < -0.3 is 14.4 Å². The molecule has 1 fully saturated rings. The van der Waals surface area contributed by atoms with Crippen LogP contribution in [0.4, 0.5) is 0 Å². The number of phenols is 1. The van der Waals surface area contributed by atoms with E-state index >= 15 is 0 Å². The van der Waals surface area contributed by atoms with Crippen LogP contribution in [0, 0.1) is 0 Å². The van der Waals surface area contributed by atoms with E-state index in [2.05, 4.69) is 0 Å². The second kappa shape index (κ2) is 5.21. The zero-order valence-corrected chi connectivity index (χ0v) is 11.5. The van der Waals surface area contributed by atoms with Crippen molar-refractivity contribution in [3.8, 4) is 5.75 Å². The highest BCUT2D eigenvalue weighted by Gasteiger charge is 2.33. The molecule has 3 rings (SSSR count). The van der Waals surface area contributed by atoms with Crippen molar-refractivity contribution in [2.45, 2.75) is 25.4 Å². The van der Waals surface area contributed by atoms with Gasteiger partial charge in [0.1, 0.15) is 11.5 Å². The van der Waals surface area contributed by atoms with Crippen LogP contribution in [0.3, 0.4) is 0 Å². The molecule has 0 saturated heterocycles. The minimum Gasteiger partial charge on any atom is -0.506 e. The Morgan fingerprint density at radius 2 is 2.20 bits per heavy atom. The van der Waals surface area contributed by atoms with Gasteiger partial charge in [0.15, 0.2) is 0 Å². The largest absolute Gasteiger partial charge is 0.506 e. The van der Waals surface area contributed by atoms with E-state index in [4.69, 9.17) is 16.0 Å². The molecule has 1 aliphatic carbocycles. The maximum atomic E-state index is 12.6. The zero-order valence-electron chi connectivity index (χ0n) is 10.8. The number of furan rings is 1. The fourth-order valence-corrected chi connectivity index (χ4v) is 2.31. The monoisotopic (exact) mass is 291 g/mol. The standard InChI is InChI=1S/C15H14ClNO3/c16-13-8-10(3-6-14(13)18)15(19)17(11-4-5-11)9-12-2-1-7-20-12/h1-3,6-8,11,18H,4-5,9H2. The van der Waals surface area contributed by atoms with Crippen LogP contribution < -0.4 is 0 Å². The van der Waals surface area contributed by atoms with Gasteiger partial charge in [-0.3, -0.25) is 4.79 Å². The Labute approximate surface area is 121 Å². The van der Waals surface area contributed by atoms with Gasteiger partial charge in [-0.2, -0.15) is 0 Å². The van der Waals surface area contributed by atoms with Crippen LogP contribution in [0.1, 0.15) is 29.0 Å². The molecule has 2 aromatic rings. The highest BCUT2D eigenvalue weighted by Crippen LogP contribution is 2.31. The number of aromatic hydroxyl groups is 1. The summed E-state index contributed by atoms with van der Waals surface area (Å²) in [7, 11) is 0. The number of rotatable bonds is 4. The average molecular weight is 292 g/mol. The maximum Gasteiger partial charge on any atom is 0.254 e. The van der Waals surface area contributed by atoms with Crippen LogP contribution in [0.5, 0.6) is 5.75 Å². The van der Waals surface area contributed by atoms with Crippen molar-refractivity contribution < 1.29 is 14.3 Å². The lowest BCUT2D eigenvalue weighted by Gasteiger charge is -2.21. The summed E-state index contributed by atoms with van der Waals surface area (Å²) in [6.07, 6.45) is 3.62.